The number of fused-ring (bicyclic) bond motifs is 10. The van der Waals surface area contributed by atoms with Crippen LogP contribution in [-0.4, -0.2) is 6.71 Å². The minimum atomic E-state index is -0.124. The lowest BCUT2D eigenvalue weighted by Gasteiger charge is -2.47. The van der Waals surface area contributed by atoms with Crippen molar-refractivity contribution in [2.75, 3.05) is 9.80 Å². The van der Waals surface area contributed by atoms with Crippen molar-refractivity contribution in [2.45, 2.75) is 156 Å². The van der Waals surface area contributed by atoms with Crippen molar-refractivity contribution in [2.24, 2.45) is 0 Å². The Labute approximate surface area is 434 Å². The fraction of sp³-hybridized carbons (Fsp3) is 0.353. The van der Waals surface area contributed by atoms with E-state index in [1.165, 1.54) is 72.2 Å². The van der Waals surface area contributed by atoms with Crippen LogP contribution in [0.3, 0.4) is 0 Å². The lowest BCUT2D eigenvalue weighted by Crippen LogP contribution is -2.61. The van der Waals surface area contributed by atoms with Gasteiger partial charge in [-0.05, 0) is 174 Å². The second kappa shape index (κ2) is 15.5. The van der Waals surface area contributed by atoms with Crippen molar-refractivity contribution in [3.05, 3.63) is 161 Å². The van der Waals surface area contributed by atoms with Gasteiger partial charge in [-0.3, -0.25) is 4.90 Å². The normalized spacial score (nSPS) is 16.2. The van der Waals surface area contributed by atoms with E-state index in [4.69, 9.17) is 8.83 Å². The number of nitrogens with zero attached hydrogens (tertiary/aromatic N) is 2. The number of furan rings is 2. The summed E-state index contributed by atoms with van der Waals surface area (Å²) < 4.78 is 13.9. The first kappa shape index (κ1) is 47.5. The molecule has 3 aliphatic rings. The number of para-hydroxylation sites is 1. The number of rotatable bonds is 3. The second-order valence-corrected chi connectivity index (χ2v) is 27.4. The number of benzene rings is 7. The lowest BCUT2D eigenvalue weighted by atomic mass is 9.33. The molecule has 0 saturated carbocycles. The predicted octanol–water partition coefficient (Wildman–Crippen LogP) is 17.6. The van der Waals surface area contributed by atoms with Crippen molar-refractivity contribution in [3.63, 3.8) is 0 Å². The van der Waals surface area contributed by atoms with Crippen LogP contribution in [-0.2, 0) is 32.5 Å². The number of anilines is 6. The highest BCUT2D eigenvalue weighted by Crippen LogP contribution is 2.53. The summed E-state index contributed by atoms with van der Waals surface area (Å²) >= 11 is 0. The van der Waals surface area contributed by atoms with Gasteiger partial charge in [0.05, 0.1) is 0 Å². The fourth-order valence-corrected chi connectivity index (χ4v) is 12.4. The molecular weight excluding hydrogens is 888 g/mol. The maximum Gasteiger partial charge on any atom is 0.257 e. The Kier molecular flexibility index (Phi) is 10.1. The van der Waals surface area contributed by atoms with Gasteiger partial charge >= 0.3 is 0 Å². The van der Waals surface area contributed by atoms with Gasteiger partial charge in [0, 0.05) is 50.1 Å². The summed E-state index contributed by atoms with van der Waals surface area (Å²) in [7, 11) is 0. The Morgan fingerprint density at radius 3 is 1.59 bits per heavy atom. The van der Waals surface area contributed by atoms with Crippen molar-refractivity contribution in [1.29, 1.82) is 0 Å². The maximum atomic E-state index is 7.44. The Balaban J connectivity index is 1.26. The molecule has 12 rings (SSSR count). The van der Waals surface area contributed by atoms with Crippen LogP contribution in [0.1, 0.15) is 157 Å². The lowest BCUT2D eigenvalue weighted by molar-refractivity contribution is 0.332. The molecular formula is C68H73BN2O2. The fourth-order valence-electron chi connectivity index (χ4n) is 12.4. The highest BCUT2D eigenvalue weighted by molar-refractivity contribution is 7.01. The van der Waals surface area contributed by atoms with Crippen molar-refractivity contribution in [1.82, 2.24) is 0 Å². The molecule has 0 N–H and O–H groups in total. The highest BCUT2D eigenvalue weighted by Gasteiger charge is 2.49. The molecule has 4 nitrogen and oxygen atoms in total. The minimum Gasteiger partial charge on any atom is -0.456 e. The standard InChI is InChI=1S/C68H73BN2O2/c1-63(2,3)42-22-25-46(26-23-42)71-56-33-41(40-21-27-58-49(31-40)48-19-17-18-20-57(48)72-58)32-55-61(56)69(60-50-37-43(64(4,5)6)24-28-59(50)73-62(60)71)53-38-51-52(68(15,16)30-29-67(51,13)14)39-54(53)70(55)47-35-44(65(7,8)9)34-45(36-47)66(10,11)12/h17-28,31-39H,29-30H2,1-16H3. The zero-order valence-electron chi connectivity index (χ0n) is 46.3. The minimum absolute atomic E-state index is 0.00463. The van der Waals surface area contributed by atoms with Crippen LogP contribution in [0.25, 0.3) is 44.0 Å². The largest absolute Gasteiger partial charge is 0.456 e. The molecule has 0 spiro atoms. The third-order valence-corrected chi connectivity index (χ3v) is 17.1. The molecule has 0 unspecified atom stereocenters. The summed E-state index contributed by atoms with van der Waals surface area (Å²) in [6, 6.07) is 49.1. The molecule has 5 heteroatoms. The van der Waals surface area contributed by atoms with Crippen molar-refractivity contribution >= 4 is 90.3 Å². The molecule has 7 aromatic carbocycles. The summed E-state index contributed by atoms with van der Waals surface area (Å²) in [5, 5.41) is 3.43. The zero-order valence-corrected chi connectivity index (χ0v) is 46.3. The summed E-state index contributed by atoms with van der Waals surface area (Å²) in [6.45, 7) is 37.8. The van der Waals surface area contributed by atoms with Crippen molar-refractivity contribution < 1.29 is 8.83 Å². The van der Waals surface area contributed by atoms with E-state index in [0.29, 0.717) is 0 Å². The highest BCUT2D eigenvalue weighted by atomic mass is 16.4. The van der Waals surface area contributed by atoms with Crippen LogP contribution >= 0.6 is 0 Å². The van der Waals surface area contributed by atoms with Gasteiger partial charge in [0.15, 0.2) is 0 Å². The van der Waals surface area contributed by atoms with E-state index in [0.717, 1.165) is 68.7 Å². The first-order valence-electron chi connectivity index (χ1n) is 26.9. The smallest absolute Gasteiger partial charge is 0.257 e. The molecule has 2 aromatic heterocycles. The van der Waals surface area contributed by atoms with E-state index < -0.39 is 0 Å². The van der Waals surface area contributed by atoms with Crippen molar-refractivity contribution in [3.8, 4) is 11.1 Å². The first-order chi connectivity index (χ1) is 34.2. The third-order valence-electron chi connectivity index (χ3n) is 17.1. The van der Waals surface area contributed by atoms with Gasteiger partial charge in [0.25, 0.3) is 6.71 Å². The summed E-state index contributed by atoms with van der Waals surface area (Å²) in [5.74, 6) is 0.892. The van der Waals surface area contributed by atoms with Crippen LogP contribution in [0.15, 0.2) is 136 Å². The molecule has 0 atom stereocenters. The Hall–Kier alpha value is -6.46. The average Bonchev–Trinajstić information content (AvgIpc) is 3.89. The van der Waals surface area contributed by atoms with Crippen LogP contribution in [0.2, 0.25) is 0 Å². The number of hydrogen-bond donors (Lipinski definition) is 0. The summed E-state index contributed by atoms with van der Waals surface area (Å²) in [6.07, 6.45) is 2.27. The predicted molar refractivity (Wildman–Crippen MR) is 313 cm³/mol. The van der Waals surface area contributed by atoms with E-state index >= 15 is 0 Å². The van der Waals surface area contributed by atoms with Crippen LogP contribution in [0.4, 0.5) is 34.3 Å². The molecule has 0 radical (unpaired) electrons. The quantitative estimate of drug-likeness (QED) is 0.165. The Morgan fingerprint density at radius 2 is 0.959 bits per heavy atom. The monoisotopic (exact) mass is 961 g/mol. The molecule has 73 heavy (non-hydrogen) atoms. The van der Waals surface area contributed by atoms with E-state index in [1.807, 2.05) is 0 Å². The summed E-state index contributed by atoms with van der Waals surface area (Å²) in [5.41, 5.74) is 22.6. The molecule has 2 aliphatic heterocycles. The molecule has 370 valence electrons. The average molecular weight is 961 g/mol. The van der Waals surface area contributed by atoms with E-state index in [1.54, 1.807) is 0 Å². The van der Waals surface area contributed by atoms with Gasteiger partial charge in [0.1, 0.15) is 16.7 Å². The molecule has 0 saturated heterocycles. The van der Waals surface area contributed by atoms with Gasteiger partial charge < -0.3 is 13.7 Å². The van der Waals surface area contributed by atoms with Crippen LogP contribution in [0.5, 0.6) is 0 Å². The van der Waals surface area contributed by atoms with Gasteiger partial charge in [-0.15, -0.1) is 0 Å². The molecule has 9 aromatic rings. The molecule has 0 bridgehead atoms. The van der Waals surface area contributed by atoms with E-state index in [-0.39, 0.29) is 39.2 Å². The maximum absolute atomic E-state index is 7.44. The Morgan fingerprint density at radius 1 is 0.411 bits per heavy atom. The zero-order chi connectivity index (χ0) is 51.7. The Bertz CT molecular complexity index is 3710. The molecule has 0 amide bonds. The number of hydrogen-bond acceptors (Lipinski definition) is 4. The molecule has 0 fully saturated rings. The van der Waals surface area contributed by atoms with Gasteiger partial charge in [-0.1, -0.05) is 165 Å². The van der Waals surface area contributed by atoms with Gasteiger partial charge in [-0.25, -0.2) is 0 Å². The van der Waals surface area contributed by atoms with Gasteiger partial charge in [0.2, 0.25) is 5.88 Å². The topological polar surface area (TPSA) is 32.8 Å². The molecule has 1 aliphatic carbocycles. The van der Waals surface area contributed by atoms with E-state index in [9.17, 15) is 0 Å². The third kappa shape index (κ3) is 7.52. The summed E-state index contributed by atoms with van der Waals surface area (Å²) in [4.78, 5) is 5.14. The van der Waals surface area contributed by atoms with E-state index in [2.05, 4.69) is 248 Å². The SMILES string of the molecule is CC(C)(C)c1ccc(N2c3cc(-c4ccc5oc6ccccc6c5c4)cc4c3B(c3cc5c(cc3N4c3cc(C(C)(C)C)cc(C(C)(C)C)c3)C(C)(C)CCC5(C)C)c3c2oc2ccc(C(C)(C)C)cc32)cc1. The molecule has 4 heterocycles. The second-order valence-electron chi connectivity index (χ2n) is 27.4. The van der Waals surface area contributed by atoms with Gasteiger partial charge in [-0.2, -0.15) is 0 Å². The van der Waals surface area contributed by atoms with Crippen LogP contribution in [0, 0.1) is 0 Å². The van der Waals surface area contributed by atoms with Crippen LogP contribution < -0.4 is 26.2 Å². The first-order valence-corrected chi connectivity index (χ1v) is 26.9.